The first-order valence-corrected chi connectivity index (χ1v) is 14.6. The third-order valence-corrected chi connectivity index (χ3v) is 8.84. The number of aliphatic hydroxyl groups is 1. The van der Waals surface area contributed by atoms with E-state index in [4.69, 9.17) is 14.6 Å². The quantitative estimate of drug-likeness (QED) is 0.378. The van der Waals surface area contributed by atoms with Crippen molar-refractivity contribution in [2.75, 3.05) is 19.8 Å². The summed E-state index contributed by atoms with van der Waals surface area (Å²) >= 11 is 0. The van der Waals surface area contributed by atoms with E-state index in [0.717, 1.165) is 12.1 Å². The van der Waals surface area contributed by atoms with E-state index in [9.17, 15) is 31.5 Å². The Kier molecular flexibility index (Phi) is 7.86. The van der Waals surface area contributed by atoms with Crippen LogP contribution in [-0.4, -0.2) is 55.4 Å². The van der Waals surface area contributed by atoms with Crippen LogP contribution < -0.4 is 34.3 Å². The lowest BCUT2D eigenvalue weighted by Crippen LogP contribution is -2.47. The minimum atomic E-state index is -4.92. The average molecular weight is 643 g/mol. The summed E-state index contributed by atoms with van der Waals surface area (Å²) in [6.45, 7) is 1.49. The molecule has 3 aliphatic heterocycles. The number of carbonyl (C=O) groups is 2. The maximum absolute atomic E-state index is 13.9. The number of alkyl halides is 5. The molecule has 2 amide bonds. The molecule has 244 valence electrons. The van der Waals surface area contributed by atoms with Crippen molar-refractivity contribution in [2.45, 2.75) is 69.2 Å². The van der Waals surface area contributed by atoms with Crippen LogP contribution in [0.2, 0.25) is 0 Å². The van der Waals surface area contributed by atoms with Crippen molar-refractivity contribution in [1.82, 2.24) is 10.6 Å². The van der Waals surface area contributed by atoms with E-state index in [-0.39, 0.29) is 60.5 Å². The molecule has 0 unspecified atom stereocenters. The molecule has 3 atom stereocenters. The Morgan fingerprint density at radius 2 is 1.73 bits per heavy atom. The molecule has 3 heterocycles. The summed E-state index contributed by atoms with van der Waals surface area (Å²) in [4.78, 5) is 26.3. The van der Waals surface area contributed by atoms with Crippen LogP contribution in [0.15, 0.2) is 30.3 Å². The van der Waals surface area contributed by atoms with Crippen molar-refractivity contribution in [1.29, 1.82) is 0 Å². The lowest BCUT2D eigenvalue weighted by Gasteiger charge is -2.40. The number of nitrogens with one attached hydrogen (secondary N) is 2. The van der Waals surface area contributed by atoms with E-state index in [2.05, 4.69) is 24.8 Å². The highest BCUT2D eigenvalue weighted by Gasteiger charge is 2.50. The van der Waals surface area contributed by atoms with Crippen molar-refractivity contribution >= 4 is 11.8 Å². The molecule has 2 aromatic rings. The second kappa shape index (κ2) is 11.4. The largest absolute Gasteiger partial charge is 0.586 e. The predicted octanol–water partition coefficient (Wildman–Crippen LogP) is 4.48. The van der Waals surface area contributed by atoms with Crippen molar-refractivity contribution in [3.05, 3.63) is 41.5 Å². The number of aliphatic hydroxyl groups excluding tert-OH is 1. The molecule has 0 aromatic heterocycles. The Balaban J connectivity index is 1.23. The van der Waals surface area contributed by atoms with Crippen molar-refractivity contribution in [2.24, 2.45) is 11.8 Å². The van der Waals surface area contributed by atoms with E-state index in [0.29, 0.717) is 43.2 Å². The zero-order chi connectivity index (χ0) is 32.1. The Morgan fingerprint density at radius 1 is 1.02 bits per heavy atom. The maximum Gasteiger partial charge on any atom is 0.586 e. The van der Waals surface area contributed by atoms with Gasteiger partial charge in [-0.25, -0.2) is 0 Å². The number of benzene rings is 2. The van der Waals surface area contributed by atoms with Gasteiger partial charge >= 0.3 is 12.7 Å². The van der Waals surface area contributed by atoms with Crippen LogP contribution >= 0.6 is 0 Å². The topological polar surface area (TPSA) is 125 Å². The number of fused-ring (bicyclic) bond motifs is 3. The predicted molar refractivity (Wildman–Crippen MR) is 144 cm³/mol. The molecule has 10 nitrogen and oxygen atoms in total. The van der Waals surface area contributed by atoms with Gasteiger partial charge in [-0.1, -0.05) is 0 Å². The van der Waals surface area contributed by atoms with Gasteiger partial charge in [-0.05, 0) is 56.7 Å². The molecule has 6 rings (SSSR count). The highest BCUT2D eigenvalue weighted by atomic mass is 19.4. The molecule has 4 aliphatic rings. The monoisotopic (exact) mass is 642 g/mol. The average Bonchev–Trinajstić information content (AvgIpc) is 3.47. The summed E-state index contributed by atoms with van der Waals surface area (Å²) < 4.78 is 91.4. The summed E-state index contributed by atoms with van der Waals surface area (Å²) in [6, 6.07) is 5.53. The number of hydrogen-bond donors (Lipinski definition) is 3. The highest BCUT2D eigenvalue weighted by molar-refractivity contribution is 5.90. The van der Waals surface area contributed by atoms with Crippen LogP contribution in [0.5, 0.6) is 28.7 Å². The fourth-order valence-electron chi connectivity index (χ4n) is 6.51. The second-order valence-electron chi connectivity index (χ2n) is 11.9. The Labute approximate surface area is 254 Å². The Hall–Kier alpha value is -4.01. The van der Waals surface area contributed by atoms with Gasteiger partial charge in [0.15, 0.2) is 11.5 Å². The zero-order valence-electron chi connectivity index (χ0n) is 24.0. The van der Waals surface area contributed by atoms with Crippen LogP contribution in [0.25, 0.3) is 0 Å². The van der Waals surface area contributed by atoms with Crippen molar-refractivity contribution in [3.63, 3.8) is 0 Å². The molecule has 15 heteroatoms. The third-order valence-electron chi connectivity index (χ3n) is 8.84. The second-order valence-corrected chi connectivity index (χ2v) is 11.9. The SMILES string of the molecule is C[C@]1(C(=O)N[C@@H]2C[C@H](C3CCC(C(=O)NCCO)CC3)Oc3cc(OC(F)(F)F)ccc32)COc2cc3c(cc21)OC(F)(F)O3. The summed E-state index contributed by atoms with van der Waals surface area (Å²) in [6.07, 6.45) is -6.65. The highest BCUT2D eigenvalue weighted by Crippen LogP contribution is 2.50. The van der Waals surface area contributed by atoms with Gasteiger partial charge in [0.05, 0.1) is 12.6 Å². The van der Waals surface area contributed by atoms with Gasteiger partial charge in [0.25, 0.3) is 0 Å². The lowest BCUT2D eigenvalue weighted by molar-refractivity contribution is -0.286. The molecule has 1 fully saturated rings. The molecular formula is C30H31F5N2O8. The van der Waals surface area contributed by atoms with Gasteiger partial charge < -0.3 is 39.4 Å². The van der Waals surface area contributed by atoms with Gasteiger partial charge in [-0.15, -0.1) is 22.0 Å². The molecule has 0 bridgehead atoms. The fourth-order valence-corrected chi connectivity index (χ4v) is 6.51. The smallest absolute Gasteiger partial charge is 0.492 e. The summed E-state index contributed by atoms with van der Waals surface area (Å²) in [5.74, 6) is -1.55. The first-order valence-electron chi connectivity index (χ1n) is 14.6. The molecule has 1 aliphatic carbocycles. The van der Waals surface area contributed by atoms with Crippen LogP contribution in [0.4, 0.5) is 22.0 Å². The van der Waals surface area contributed by atoms with Gasteiger partial charge in [0.1, 0.15) is 35.4 Å². The number of amides is 2. The number of carbonyl (C=O) groups excluding carboxylic acids is 2. The molecule has 0 saturated heterocycles. The third kappa shape index (κ3) is 6.26. The number of rotatable bonds is 7. The molecule has 0 spiro atoms. The standard InChI is InChI=1S/C30H31F5N2O8/c1-28(14-41-23-13-25-24(11-19(23)28)44-30(34,35)45-25)27(40)37-20-12-21(15-2-4-16(5-3-15)26(39)36-8-9-38)42-22-10-17(6-7-18(20)22)43-29(31,32)33/h6-7,10-11,13,15-16,20-21,38H,2-5,8-9,12,14H2,1H3,(H,36,39)(H,37,40)/t15?,16?,20-,21-,28+/m1/s1. The molecule has 2 aromatic carbocycles. The van der Waals surface area contributed by atoms with Crippen LogP contribution in [0.3, 0.4) is 0 Å². The molecule has 45 heavy (non-hydrogen) atoms. The van der Waals surface area contributed by atoms with Gasteiger partial charge in [-0.2, -0.15) is 0 Å². The van der Waals surface area contributed by atoms with E-state index < -0.39 is 41.9 Å². The summed E-state index contributed by atoms with van der Waals surface area (Å²) in [7, 11) is 0. The Bertz CT molecular complexity index is 1480. The first-order chi connectivity index (χ1) is 21.2. The molecular weight excluding hydrogens is 611 g/mol. The van der Waals surface area contributed by atoms with Crippen LogP contribution in [0, 0.1) is 11.8 Å². The number of halogens is 5. The molecule has 1 saturated carbocycles. The van der Waals surface area contributed by atoms with Crippen LogP contribution in [0.1, 0.15) is 56.2 Å². The van der Waals surface area contributed by atoms with Gasteiger partial charge in [0.2, 0.25) is 11.8 Å². The Morgan fingerprint density at radius 3 is 2.42 bits per heavy atom. The van der Waals surface area contributed by atoms with Gasteiger partial charge in [-0.3, -0.25) is 9.59 Å². The first kappa shape index (κ1) is 31.0. The summed E-state index contributed by atoms with van der Waals surface area (Å²) in [5.41, 5.74) is -0.561. The normalized spacial score (nSPS) is 27.8. The maximum atomic E-state index is 13.9. The minimum Gasteiger partial charge on any atom is -0.492 e. The van der Waals surface area contributed by atoms with Gasteiger partial charge in [0, 0.05) is 42.1 Å². The van der Waals surface area contributed by atoms with E-state index >= 15 is 0 Å². The minimum absolute atomic E-state index is 0.0563. The number of ether oxygens (including phenoxy) is 5. The zero-order valence-corrected chi connectivity index (χ0v) is 24.0. The van der Waals surface area contributed by atoms with Crippen molar-refractivity contribution in [3.8, 4) is 28.7 Å². The fraction of sp³-hybridized carbons (Fsp3) is 0.533. The van der Waals surface area contributed by atoms with E-state index in [1.54, 1.807) is 6.92 Å². The number of hydrogen-bond acceptors (Lipinski definition) is 8. The lowest BCUT2D eigenvalue weighted by atomic mass is 9.76. The molecule has 3 N–H and O–H groups in total. The summed E-state index contributed by atoms with van der Waals surface area (Å²) in [5, 5.41) is 14.7. The van der Waals surface area contributed by atoms with E-state index in [1.807, 2.05) is 0 Å². The van der Waals surface area contributed by atoms with E-state index in [1.165, 1.54) is 18.2 Å². The molecule has 0 radical (unpaired) electrons. The van der Waals surface area contributed by atoms with Crippen LogP contribution in [-0.2, 0) is 15.0 Å². The van der Waals surface area contributed by atoms with Crippen molar-refractivity contribution < 1.29 is 60.3 Å².